The lowest BCUT2D eigenvalue weighted by atomic mass is 10.1. The average molecular weight is 293 g/mol. The van der Waals surface area contributed by atoms with E-state index >= 15 is 0 Å². The van der Waals surface area contributed by atoms with Gasteiger partial charge in [0.25, 0.3) is 0 Å². The Morgan fingerprint density at radius 3 is 2.43 bits per heavy atom. The molecular weight excluding hydrogens is 270 g/mol. The molecule has 1 rings (SSSR count). The lowest BCUT2D eigenvalue weighted by molar-refractivity contribution is -0.385. The second-order valence-electron chi connectivity index (χ2n) is 5.07. The van der Waals surface area contributed by atoms with Crippen molar-refractivity contribution in [3.8, 4) is 5.75 Å². The third-order valence-corrected chi connectivity index (χ3v) is 3.32. The predicted molar refractivity (Wildman–Crippen MR) is 82.0 cm³/mol. The van der Waals surface area contributed by atoms with Gasteiger partial charge in [-0.25, -0.2) is 0 Å². The second kappa shape index (κ2) is 9.91. The summed E-state index contributed by atoms with van der Waals surface area (Å²) in [5.74, 6) is 0.176. The van der Waals surface area contributed by atoms with E-state index in [0.717, 1.165) is 12.8 Å². The third kappa shape index (κ3) is 6.38. The van der Waals surface area contributed by atoms with Gasteiger partial charge in [-0.05, 0) is 18.6 Å². The molecule has 0 unspecified atom stereocenters. The van der Waals surface area contributed by atoms with Crippen molar-refractivity contribution in [2.45, 2.75) is 51.9 Å². The molecule has 116 valence electrons. The molecule has 0 aliphatic rings. The summed E-state index contributed by atoms with van der Waals surface area (Å²) in [6, 6.07) is 4.15. The number of ether oxygens (including phenoxy) is 1. The van der Waals surface area contributed by atoms with Crippen LogP contribution in [-0.4, -0.2) is 17.8 Å². The normalized spacial score (nSPS) is 10.3. The molecule has 1 aromatic rings. The van der Waals surface area contributed by atoms with E-state index in [1.807, 2.05) is 0 Å². The van der Waals surface area contributed by atoms with E-state index in [4.69, 9.17) is 4.74 Å². The molecule has 0 spiro atoms. The van der Waals surface area contributed by atoms with Gasteiger partial charge in [0.1, 0.15) is 6.29 Å². The number of carbonyl (C=O) groups is 1. The first-order chi connectivity index (χ1) is 10.2. The lowest BCUT2D eigenvalue weighted by Crippen LogP contribution is -2.01. The minimum absolute atomic E-state index is 0.0939. The highest BCUT2D eigenvalue weighted by Crippen LogP contribution is 2.27. The molecule has 0 N–H and O–H groups in total. The molecule has 0 fully saturated rings. The van der Waals surface area contributed by atoms with Crippen LogP contribution in [-0.2, 0) is 0 Å². The summed E-state index contributed by atoms with van der Waals surface area (Å²) in [6.45, 7) is 2.63. The number of aldehydes is 1. The summed E-state index contributed by atoms with van der Waals surface area (Å²) < 4.78 is 5.47. The predicted octanol–water partition coefficient (Wildman–Crippen LogP) is 4.54. The molecule has 0 aliphatic heterocycles. The SMILES string of the molecule is CCCCCCCCCOc1cc(C=O)ccc1[N+](=O)[O-]. The number of benzene rings is 1. The smallest absolute Gasteiger partial charge is 0.310 e. The van der Waals surface area contributed by atoms with E-state index < -0.39 is 4.92 Å². The topological polar surface area (TPSA) is 69.4 Å². The molecule has 0 aromatic heterocycles. The number of hydrogen-bond donors (Lipinski definition) is 0. The zero-order valence-corrected chi connectivity index (χ0v) is 12.5. The number of nitro benzene ring substituents is 1. The Morgan fingerprint density at radius 2 is 1.81 bits per heavy atom. The van der Waals surface area contributed by atoms with Crippen molar-refractivity contribution in [2.24, 2.45) is 0 Å². The zero-order chi connectivity index (χ0) is 15.5. The Morgan fingerprint density at radius 1 is 1.14 bits per heavy atom. The maximum absolute atomic E-state index is 10.9. The van der Waals surface area contributed by atoms with Gasteiger partial charge in [0.2, 0.25) is 0 Å². The van der Waals surface area contributed by atoms with Crippen LogP contribution < -0.4 is 4.74 Å². The van der Waals surface area contributed by atoms with Gasteiger partial charge in [-0.15, -0.1) is 0 Å². The van der Waals surface area contributed by atoms with Crippen molar-refractivity contribution < 1.29 is 14.5 Å². The molecule has 0 amide bonds. The van der Waals surface area contributed by atoms with Crippen molar-refractivity contribution in [2.75, 3.05) is 6.61 Å². The van der Waals surface area contributed by atoms with Crippen LogP contribution in [0.5, 0.6) is 5.75 Å². The summed E-state index contributed by atoms with van der Waals surface area (Å²) in [5, 5.41) is 10.9. The van der Waals surface area contributed by atoms with Gasteiger partial charge in [0, 0.05) is 11.6 Å². The fourth-order valence-electron chi connectivity index (χ4n) is 2.11. The molecule has 0 saturated carbocycles. The molecule has 5 nitrogen and oxygen atoms in total. The molecule has 0 heterocycles. The number of rotatable bonds is 11. The second-order valence-corrected chi connectivity index (χ2v) is 5.07. The summed E-state index contributed by atoms with van der Waals surface area (Å²) in [6.07, 6.45) is 8.77. The molecule has 1 aromatic carbocycles. The lowest BCUT2D eigenvalue weighted by Gasteiger charge is -2.07. The number of unbranched alkanes of at least 4 members (excludes halogenated alkanes) is 6. The fraction of sp³-hybridized carbons (Fsp3) is 0.562. The van der Waals surface area contributed by atoms with Crippen molar-refractivity contribution in [3.05, 3.63) is 33.9 Å². The van der Waals surface area contributed by atoms with Crippen LogP contribution in [0.25, 0.3) is 0 Å². The van der Waals surface area contributed by atoms with Gasteiger partial charge >= 0.3 is 5.69 Å². The number of hydrogen-bond acceptors (Lipinski definition) is 4. The third-order valence-electron chi connectivity index (χ3n) is 3.32. The summed E-state index contributed by atoms with van der Waals surface area (Å²) in [7, 11) is 0. The maximum atomic E-state index is 10.9. The molecule has 21 heavy (non-hydrogen) atoms. The highest BCUT2D eigenvalue weighted by atomic mass is 16.6. The molecule has 5 heteroatoms. The Bertz CT molecular complexity index is 460. The summed E-state index contributed by atoms with van der Waals surface area (Å²) in [4.78, 5) is 21.1. The van der Waals surface area contributed by atoms with E-state index in [-0.39, 0.29) is 11.4 Å². The highest BCUT2D eigenvalue weighted by molar-refractivity contribution is 5.76. The Labute approximate surface area is 125 Å². The van der Waals surface area contributed by atoms with Crippen molar-refractivity contribution >= 4 is 12.0 Å². The van der Waals surface area contributed by atoms with E-state index in [2.05, 4.69) is 6.92 Å². The largest absolute Gasteiger partial charge is 0.487 e. The van der Waals surface area contributed by atoms with Crippen molar-refractivity contribution in [1.29, 1.82) is 0 Å². The van der Waals surface area contributed by atoms with E-state index in [1.54, 1.807) is 0 Å². The van der Waals surface area contributed by atoms with Crippen molar-refractivity contribution in [1.82, 2.24) is 0 Å². The molecule has 0 bridgehead atoms. The highest BCUT2D eigenvalue weighted by Gasteiger charge is 2.15. The monoisotopic (exact) mass is 293 g/mol. The first-order valence-corrected chi connectivity index (χ1v) is 7.55. The quantitative estimate of drug-likeness (QED) is 0.260. The van der Waals surface area contributed by atoms with E-state index in [1.165, 1.54) is 50.3 Å². The van der Waals surface area contributed by atoms with Gasteiger partial charge < -0.3 is 4.74 Å². The first kappa shape index (κ1) is 17.1. The van der Waals surface area contributed by atoms with Crippen LogP contribution in [0.3, 0.4) is 0 Å². The van der Waals surface area contributed by atoms with Gasteiger partial charge in [-0.3, -0.25) is 14.9 Å². The first-order valence-electron chi connectivity index (χ1n) is 7.55. The van der Waals surface area contributed by atoms with Crippen LogP contribution >= 0.6 is 0 Å². The summed E-state index contributed by atoms with van der Waals surface area (Å²) >= 11 is 0. The molecule has 0 radical (unpaired) electrons. The summed E-state index contributed by atoms with van der Waals surface area (Å²) in [5.41, 5.74) is 0.290. The minimum atomic E-state index is -0.491. The minimum Gasteiger partial charge on any atom is -0.487 e. The number of nitrogens with zero attached hydrogens (tertiary/aromatic N) is 1. The van der Waals surface area contributed by atoms with Crippen LogP contribution in [0.2, 0.25) is 0 Å². The average Bonchev–Trinajstić information content (AvgIpc) is 2.49. The van der Waals surface area contributed by atoms with Crippen LogP contribution in [0.1, 0.15) is 62.2 Å². The number of nitro groups is 1. The van der Waals surface area contributed by atoms with E-state index in [0.29, 0.717) is 18.5 Å². The van der Waals surface area contributed by atoms with Crippen molar-refractivity contribution in [3.63, 3.8) is 0 Å². The Hall–Kier alpha value is -1.91. The molecular formula is C16H23NO4. The fourth-order valence-corrected chi connectivity index (χ4v) is 2.11. The molecule has 0 atom stereocenters. The molecule has 0 saturated heterocycles. The Balaban J connectivity index is 2.36. The van der Waals surface area contributed by atoms with Crippen LogP contribution in [0.15, 0.2) is 18.2 Å². The van der Waals surface area contributed by atoms with Crippen LogP contribution in [0, 0.1) is 10.1 Å². The van der Waals surface area contributed by atoms with E-state index in [9.17, 15) is 14.9 Å². The standard InChI is InChI=1S/C16H23NO4/c1-2-3-4-5-6-7-8-11-21-16-12-14(13-18)9-10-15(16)17(19)20/h9-10,12-13H,2-8,11H2,1H3. The van der Waals surface area contributed by atoms with Gasteiger partial charge in [-0.2, -0.15) is 0 Å². The van der Waals surface area contributed by atoms with Crippen LogP contribution in [0.4, 0.5) is 5.69 Å². The van der Waals surface area contributed by atoms with Gasteiger partial charge in [-0.1, -0.05) is 45.4 Å². The Kier molecular flexibility index (Phi) is 8.09. The van der Waals surface area contributed by atoms with Gasteiger partial charge in [0.05, 0.1) is 11.5 Å². The van der Waals surface area contributed by atoms with Gasteiger partial charge in [0.15, 0.2) is 5.75 Å². The maximum Gasteiger partial charge on any atom is 0.310 e. The molecule has 0 aliphatic carbocycles. The zero-order valence-electron chi connectivity index (χ0n) is 12.5. The number of carbonyl (C=O) groups excluding carboxylic acids is 1.